The van der Waals surface area contributed by atoms with Crippen LogP contribution in [-0.4, -0.2) is 18.4 Å². The van der Waals surface area contributed by atoms with Crippen molar-refractivity contribution in [2.24, 2.45) is 5.92 Å². The second-order valence-corrected chi connectivity index (χ2v) is 8.63. The van der Waals surface area contributed by atoms with Crippen molar-refractivity contribution in [2.45, 2.75) is 33.6 Å². The molecular formula is C27H26N2O5. The molecule has 1 aromatic heterocycles. The Morgan fingerprint density at radius 2 is 1.79 bits per heavy atom. The first-order valence-corrected chi connectivity index (χ1v) is 11.0. The Balaban J connectivity index is 1.80. The summed E-state index contributed by atoms with van der Waals surface area (Å²) in [4.78, 5) is 37.1. The van der Waals surface area contributed by atoms with E-state index in [9.17, 15) is 19.6 Å². The summed E-state index contributed by atoms with van der Waals surface area (Å²) in [6.45, 7) is 8.48. The number of carbonyl (C=O) groups excluding carboxylic acids is 2. The lowest BCUT2D eigenvalue weighted by molar-refractivity contribution is -0.129. The summed E-state index contributed by atoms with van der Waals surface area (Å²) in [5, 5.41) is 12.6. The number of rotatable bonds is 7. The minimum absolute atomic E-state index is 0.101. The molecule has 0 fully saturated rings. The number of hydrogen-bond acceptors (Lipinski definition) is 6. The van der Waals surface area contributed by atoms with Crippen molar-refractivity contribution in [3.8, 4) is 11.8 Å². The number of nitrogens with one attached hydrogen (secondary N) is 1. The van der Waals surface area contributed by atoms with E-state index in [-0.39, 0.29) is 28.4 Å². The Morgan fingerprint density at radius 1 is 1.09 bits per heavy atom. The Labute approximate surface area is 197 Å². The Kier molecular flexibility index (Phi) is 7.64. The largest absolute Gasteiger partial charge is 0.422 e. The van der Waals surface area contributed by atoms with Crippen molar-refractivity contribution < 1.29 is 18.7 Å². The molecule has 1 heterocycles. The van der Waals surface area contributed by atoms with Crippen LogP contribution in [-0.2, 0) is 4.79 Å². The SMILES string of the molecule is CC(C)CNC(=O)c1cc2ccc(OC(=O)/C(C#N)=C/c3ccc(C(C)C)cc3)cc2oc1=O. The summed E-state index contributed by atoms with van der Waals surface area (Å²) < 4.78 is 10.6. The molecule has 0 spiro atoms. The molecule has 7 nitrogen and oxygen atoms in total. The number of ether oxygens (including phenoxy) is 1. The van der Waals surface area contributed by atoms with Gasteiger partial charge in [0.1, 0.15) is 28.5 Å². The normalized spacial score (nSPS) is 11.5. The molecule has 0 aliphatic heterocycles. The maximum atomic E-state index is 12.5. The maximum absolute atomic E-state index is 12.5. The summed E-state index contributed by atoms with van der Waals surface area (Å²) in [5.41, 5.74) is 0.941. The van der Waals surface area contributed by atoms with Gasteiger partial charge in [0.05, 0.1) is 0 Å². The van der Waals surface area contributed by atoms with E-state index in [2.05, 4.69) is 19.2 Å². The van der Waals surface area contributed by atoms with Gasteiger partial charge in [0.2, 0.25) is 0 Å². The van der Waals surface area contributed by atoms with Crippen LogP contribution in [0.5, 0.6) is 5.75 Å². The summed E-state index contributed by atoms with van der Waals surface area (Å²) in [6, 6.07) is 15.3. The molecule has 1 N–H and O–H groups in total. The summed E-state index contributed by atoms with van der Waals surface area (Å²) >= 11 is 0. The molecule has 0 aliphatic carbocycles. The highest BCUT2D eigenvalue weighted by Crippen LogP contribution is 2.22. The minimum Gasteiger partial charge on any atom is -0.422 e. The highest BCUT2D eigenvalue weighted by Gasteiger charge is 2.16. The Morgan fingerprint density at radius 3 is 2.41 bits per heavy atom. The molecule has 174 valence electrons. The topological polar surface area (TPSA) is 109 Å². The maximum Gasteiger partial charge on any atom is 0.354 e. The molecule has 0 saturated heterocycles. The number of fused-ring (bicyclic) bond motifs is 1. The highest BCUT2D eigenvalue weighted by molar-refractivity contribution is 5.99. The molecule has 0 bridgehead atoms. The van der Waals surface area contributed by atoms with Gasteiger partial charge in [-0.05, 0) is 47.2 Å². The van der Waals surface area contributed by atoms with Crippen LogP contribution in [0.15, 0.2) is 63.3 Å². The zero-order valence-corrected chi connectivity index (χ0v) is 19.5. The van der Waals surface area contributed by atoms with Crippen LogP contribution in [0, 0.1) is 17.2 Å². The smallest absolute Gasteiger partial charge is 0.354 e. The monoisotopic (exact) mass is 458 g/mol. The van der Waals surface area contributed by atoms with E-state index < -0.39 is 17.5 Å². The van der Waals surface area contributed by atoms with Gasteiger partial charge in [-0.1, -0.05) is 52.0 Å². The van der Waals surface area contributed by atoms with E-state index >= 15 is 0 Å². The summed E-state index contributed by atoms with van der Waals surface area (Å²) in [7, 11) is 0. The van der Waals surface area contributed by atoms with Crippen LogP contribution in [0.3, 0.4) is 0 Å². The molecule has 3 aromatic rings. The fourth-order valence-corrected chi connectivity index (χ4v) is 3.15. The van der Waals surface area contributed by atoms with Gasteiger partial charge in [-0.2, -0.15) is 5.26 Å². The number of nitriles is 1. The fraction of sp³-hybridized carbons (Fsp3) is 0.259. The van der Waals surface area contributed by atoms with Gasteiger partial charge in [0.15, 0.2) is 0 Å². The van der Waals surface area contributed by atoms with Crippen molar-refractivity contribution in [1.82, 2.24) is 5.32 Å². The first kappa shape index (κ1) is 24.5. The van der Waals surface area contributed by atoms with E-state index in [0.29, 0.717) is 23.4 Å². The molecule has 0 radical (unpaired) electrons. The first-order valence-electron chi connectivity index (χ1n) is 11.0. The lowest BCUT2D eigenvalue weighted by Gasteiger charge is -2.08. The number of benzene rings is 2. The molecule has 2 aromatic carbocycles. The molecule has 3 rings (SSSR count). The molecule has 0 atom stereocenters. The Hall–Kier alpha value is -4.18. The van der Waals surface area contributed by atoms with Gasteiger partial charge in [0.25, 0.3) is 5.91 Å². The van der Waals surface area contributed by atoms with Crippen molar-refractivity contribution in [1.29, 1.82) is 5.26 Å². The molecular weight excluding hydrogens is 432 g/mol. The minimum atomic E-state index is -0.832. The van der Waals surface area contributed by atoms with Gasteiger partial charge in [0, 0.05) is 18.0 Å². The van der Waals surface area contributed by atoms with Crippen LogP contribution < -0.4 is 15.7 Å². The second kappa shape index (κ2) is 10.6. The van der Waals surface area contributed by atoms with Crippen LogP contribution >= 0.6 is 0 Å². The predicted molar refractivity (Wildman–Crippen MR) is 129 cm³/mol. The third-order valence-corrected chi connectivity index (χ3v) is 5.09. The van der Waals surface area contributed by atoms with E-state index in [1.165, 1.54) is 24.3 Å². The number of esters is 1. The number of nitrogens with zero attached hydrogens (tertiary/aromatic N) is 1. The van der Waals surface area contributed by atoms with Crippen molar-refractivity contribution in [3.63, 3.8) is 0 Å². The molecule has 34 heavy (non-hydrogen) atoms. The van der Waals surface area contributed by atoms with E-state index in [0.717, 1.165) is 5.56 Å². The van der Waals surface area contributed by atoms with E-state index in [1.807, 2.05) is 44.2 Å². The lowest BCUT2D eigenvalue weighted by atomic mass is 10.0. The van der Waals surface area contributed by atoms with Crippen molar-refractivity contribution >= 4 is 28.9 Å². The zero-order chi connectivity index (χ0) is 24.8. The standard InChI is InChI=1S/C27H26N2O5/c1-16(2)15-29-25(30)23-12-20-9-10-22(13-24(20)34-27(23)32)33-26(31)21(14-28)11-18-5-7-19(8-6-18)17(3)4/h5-13,16-17H,15H2,1-4H3,(H,29,30)/b21-11+. The van der Waals surface area contributed by atoms with Gasteiger partial charge in [-0.25, -0.2) is 9.59 Å². The fourth-order valence-electron chi connectivity index (χ4n) is 3.15. The average Bonchev–Trinajstić information content (AvgIpc) is 2.80. The predicted octanol–water partition coefficient (Wildman–Crippen LogP) is 4.81. The van der Waals surface area contributed by atoms with Crippen LogP contribution in [0.25, 0.3) is 17.0 Å². The first-order chi connectivity index (χ1) is 16.2. The van der Waals surface area contributed by atoms with Crippen molar-refractivity contribution in [2.75, 3.05) is 6.54 Å². The van der Waals surface area contributed by atoms with Crippen molar-refractivity contribution in [3.05, 3.63) is 81.2 Å². The number of hydrogen-bond donors (Lipinski definition) is 1. The van der Waals surface area contributed by atoms with Crippen LogP contribution in [0.2, 0.25) is 0 Å². The highest BCUT2D eigenvalue weighted by atomic mass is 16.5. The Bertz CT molecular complexity index is 1340. The molecule has 0 unspecified atom stereocenters. The molecule has 0 aliphatic rings. The molecule has 7 heteroatoms. The van der Waals surface area contributed by atoms with Crippen LogP contribution in [0.4, 0.5) is 0 Å². The van der Waals surface area contributed by atoms with Gasteiger partial charge in [-0.15, -0.1) is 0 Å². The van der Waals surface area contributed by atoms with E-state index in [1.54, 1.807) is 6.07 Å². The average molecular weight is 459 g/mol. The third-order valence-electron chi connectivity index (χ3n) is 5.09. The number of amides is 1. The molecule has 1 amide bonds. The number of carbonyl (C=O) groups is 2. The quantitative estimate of drug-likeness (QED) is 0.179. The zero-order valence-electron chi connectivity index (χ0n) is 19.5. The van der Waals surface area contributed by atoms with Crippen LogP contribution in [0.1, 0.15) is 55.1 Å². The van der Waals surface area contributed by atoms with Gasteiger partial charge in [-0.3, -0.25) is 4.79 Å². The summed E-state index contributed by atoms with van der Waals surface area (Å²) in [5.74, 6) is -0.627. The molecule has 0 saturated carbocycles. The van der Waals surface area contributed by atoms with Gasteiger partial charge < -0.3 is 14.5 Å². The van der Waals surface area contributed by atoms with Gasteiger partial charge >= 0.3 is 11.6 Å². The van der Waals surface area contributed by atoms with E-state index in [4.69, 9.17) is 9.15 Å². The lowest BCUT2D eigenvalue weighted by Crippen LogP contribution is -2.31. The third kappa shape index (κ3) is 5.99. The second-order valence-electron chi connectivity index (χ2n) is 8.63. The summed E-state index contributed by atoms with van der Waals surface area (Å²) in [6.07, 6.45) is 1.45.